The number of thioether (sulfide) groups is 1. The highest BCUT2D eigenvalue weighted by Gasteiger charge is 2.06. The zero-order valence-electron chi connectivity index (χ0n) is 10.7. The zero-order valence-corrected chi connectivity index (χ0v) is 13.8. The van der Waals surface area contributed by atoms with Crippen molar-refractivity contribution in [2.24, 2.45) is 0 Å². The second-order valence-corrected chi connectivity index (χ2v) is 6.39. The summed E-state index contributed by atoms with van der Waals surface area (Å²) >= 11 is 10.6. The number of aryl methyl sites for hydroxylation is 1. The average Bonchev–Trinajstić information content (AvgIpc) is 2.42. The van der Waals surface area contributed by atoms with E-state index in [1.165, 1.54) is 11.8 Å². The number of aromatic nitrogens is 1. The van der Waals surface area contributed by atoms with Crippen LogP contribution >= 0.6 is 39.3 Å². The van der Waals surface area contributed by atoms with E-state index in [0.29, 0.717) is 16.6 Å². The number of halogens is 2. The number of benzene rings is 1. The molecule has 104 valence electrons. The van der Waals surface area contributed by atoms with E-state index in [2.05, 4.69) is 26.2 Å². The van der Waals surface area contributed by atoms with Crippen LogP contribution in [0.3, 0.4) is 0 Å². The predicted octanol–water partition coefficient (Wildman–Crippen LogP) is 4.54. The van der Waals surface area contributed by atoms with Gasteiger partial charge in [-0.15, -0.1) is 11.8 Å². The molecule has 0 atom stereocenters. The van der Waals surface area contributed by atoms with E-state index < -0.39 is 0 Å². The van der Waals surface area contributed by atoms with Crippen molar-refractivity contribution in [1.29, 1.82) is 0 Å². The molecule has 3 nitrogen and oxygen atoms in total. The molecule has 0 radical (unpaired) electrons. The fraction of sp³-hybridized carbons (Fsp3) is 0.143. The van der Waals surface area contributed by atoms with Gasteiger partial charge in [0.1, 0.15) is 5.82 Å². The van der Waals surface area contributed by atoms with Crippen LogP contribution in [0.15, 0.2) is 45.8 Å². The molecule has 0 saturated heterocycles. The van der Waals surface area contributed by atoms with E-state index in [4.69, 9.17) is 11.6 Å². The number of nitrogens with one attached hydrogen (secondary N) is 1. The van der Waals surface area contributed by atoms with Crippen molar-refractivity contribution in [1.82, 2.24) is 4.98 Å². The molecule has 1 aromatic heterocycles. The Morgan fingerprint density at radius 1 is 1.30 bits per heavy atom. The first kappa shape index (κ1) is 15.4. The van der Waals surface area contributed by atoms with E-state index in [9.17, 15) is 4.79 Å². The van der Waals surface area contributed by atoms with Crippen molar-refractivity contribution in [2.75, 3.05) is 11.1 Å². The molecule has 20 heavy (non-hydrogen) atoms. The lowest BCUT2D eigenvalue weighted by atomic mass is 10.4. The van der Waals surface area contributed by atoms with Crippen LogP contribution in [-0.4, -0.2) is 16.6 Å². The summed E-state index contributed by atoms with van der Waals surface area (Å²) in [6, 6.07) is 11.0. The summed E-state index contributed by atoms with van der Waals surface area (Å²) in [5.41, 5.74) is 0.841. The first-order chi connectivity index (χ1) is 9.54. The number of pyridine rings is 1. The lowest BCUT2D eigenvalue weighted by molar-refractivity contribution is -0.113. The van der Waals surface area contributed by atoms with Crippen LogP contribution in [0.4, 0.5) is 5.82 Å². The number of carbonyl (C=O) groups excluding carboxylic acids is 1. The van der Waals surface area contributed by atoms with Gasteiger partial charge in [0.05, 0.1) is 11.4 Å². The molecule has 0 bridgehead atoms. The molecule has 6 heteroatoms. The van der Waals surface area contributed by atoms with Crippen LogP contribution in [0.5, 0.6) is 0 Å². The summed E-state index contributed by atoms with van der Waals surface area (Å²) in [4.78, 5) is 17.1. The molecule has 2 rings (SSSR count). The molecular weight excluding hydrogens is 360 g/mol. The number of rotatable bonds is 4. The second-order valence-electron chi connectivity index (χ2n) is 4.05. The quantitative estimate of drug-likeness (QED) is 0.802. The normalized spacial score (nSPS) is 10.3. The van der Waals surface area contributed by atoms with E-state index in [-0.39, 0.29) is 5.91 Å². The van der Waals surface area contributed by atoms with E-state index in [1.807, 2.05) is 25.1 Å². The molecule has 2 aromatic rings. The number of hydrogen-bond acceptors (Lipinski definition) is 3. The number of anilines is 1. The molecule has 0 fully saturated rings. The maximum Gasteiger partial charge on any atom is 0.235 e. The van der Waals surface area contributed by atoms with Crippen LogP contribution in [0.2, 0.25) is 5.02 Å². The molecule has 0 saturated carbocycles. The molecule has 0 aliphatic rings. The van der Waals surface area contributed by atoms with Gasteiger partial charge < -0.3 is 5.32 Å². The van der Waals surface area contributed by atoms with Crippen molar-refractivity contribution in [3.8, 4) is 0 Å². The highest BCUT2D eigenvalue weighted by atomic mass is 79.9. The van der Waals surface area contributed by atoms with Crippen molar-refractivity contribution in [2.45, 2.75) is 11.8 Å². The van der Waals surface area contributed by atoms with Crippen molar-refractivity contribution in [3.63, 3.8) is 0 Å². The first-order valence-corrected chi connectivity index (χ1v) is 8.01. The number of hydrogen-bond donors (Lipinski definition) is 1. The van der Waals surface area contributed by atoms with Gasteiger partial charge in [-0.1, -0.05) is 11.6 Å². The number of amides is 1. The maximum atomic E-state index is 11.8. The Balaban J connectivity index is 1.89. The Bertz CT molecular complexity index is 619. The Labute approximate surface area is 135 Å². The summed E-state index contributed by atoms with van der Waals surface area (Å²) < 4.78 is 0.922. The minimum atomic E-state index is -0.0841. The fourth-order valence-electron chi connectivity index (χ4n) is 1.47. The number of carbonyl (C=O) groups is 1. The molecule has 0 aliphatic carbocycles. The largest absolute Gasteiger partial charge is 0.310 e. The van der Waals surface area contributed by atoms with E-state index in [0.717, 1.165) is 15.1 Å². The lowest BCUT2D eigenvalue weighted by Gasteiger charge is -2.06. The molecular formula is C14H12BrClN2OS. The average molecular weight is 372 g/mol. The van der Waals surface area contributed by atoms with Gasteiger partial charge in [0.15, 0.2) is 0 Å². The van der Waals surface area contributed by atoms with Crippen LogP contribution in [0.1, 0.15) is 5.69 Å². The van der Waals surface area contributed by atoms with Gasteiger partial charge in [-0.25, -0.2) is 4.98 Å². The molecule has 1 N–H and O–H groups in total. The summed E-state index contributed by atoms with van der Waals surface area (Å²) in [5, 5.41) is 3.46. The van der Waals surface area contributed by atoms with E-state index in [1.54, 1.807) is 18.2 Å². The molecule has 1 aromatic carbocycles. The summed E-state index contributed by atoms with van der Waals surface area (Å²) in [5.74, 6) is 0.810. The third-order valence-corrected chi connectivity index (χ3v) is 4.57. The Morgan fingerprint density at radius 2 is 2.00 bits per heavy atom. The van der Waals surface area contributed by atoms with Crippen molar-refractivity contribution < 1.29 is 4.79 Å². The molecule has 1 heterocycles. The van der Waals surface area contributed by atoms with E-state index >= 15 is 0 Å². The van der Waals surface area contributed by atoms with Crippen LogP contribution in [0, 0.1) is 6.92 Å². The molecule has 0 unspecified atom stereocenters. The van der Waals surface area contributed by atoms with Crippen molar-refractivity contribution >= 4 is 51.0 Å². The van der Waals surface area contributed by atoms with Crippen LogP contribution in [0.25, 0.3) is 0 Å². The third-order valence-electron chi connectivity index (χ3n) is 2.47. The smallest absolute Gasteiger partial charge is 0.235 e. The third kappa shape index (κ3) is 4.51. The minimum absolute atomic E-state index is 0.0841. The highest BCUT2D eigenvalue weighted by molar-refractivity contribution is 9.10. The zero-order chi connectivity index (χ0) is 14.5. The molecule has 1 amide bonds. The first-order valence-electron chi connectivity index (χ1n) is 5.86. The summed E-state index contributed by atoms with van der Waals surface area (Å²) in [7, 11) is 0. The van der Waals surface area contributed by atoms with Gasteiger partial charge in [-0.3, -0.25) is 4.79 Å². The van der Waals surface area contributed by atoms with Gasteiger partial charge >= 0.3 is 0 Å². The summed E-state index contributed by atoms with van der Waals surface area (Å²) in [6.45, 7) is 1.88. The highest BCUT2D eigenvalue weighted by Crippen LogP contribution is 2.21. The van der Waals surface area contributed by atoms with Gasteiger partial charge in [0.25, 0.3) is 0 Å². The molecule has 0 spiro atoms. The minimum Gasteiger partial charge on any atom is -0.310 e. The Kier molecular flexibility index (Phi) is 5.46. The van der Waals surface area contributed by atoms with Gasteiger partial charge in [-0.05, 0) is 59.3 Å². The van der Waals surface area contributed by atoms with Crippen LogP contribution < -0.4 is 5.32 Å². The lowest BCUT2D eigenvalue weighted by Crippen LogP contribution is -2.15. The maximum absolute atomic E-state index is 11.8. The van der Waals surface area contributed by atoms with Crippen LogP contribution in [-0.2, 0) is 4.79 Å². The van der Waals surface area contributed by atoms with Gasteiger partial charge in [0.2, 0.25) is 5.91 Å². The SMILES string of the molecule is Cc1nc(NC(=O)CSc2ccc(Cl)cc2)ccc1Br. The predicted molar refractivity (Wildman–Crippen MR) is 87.5 cm³/mol. The van der Waals surface area contributed by atoms with Crippen molar-refractivity contribution in [3.05, 3.63) is 51.6 Å². The Hall–Kier alpha value is -1.04. The monoisotopic (exact) mass is 370 g/mol. The Morgan fingerprint density at radius 3 is 2.65 bits per heavy atom. The molecule has 0 aliphatic heterocycles. The standard InChI is InChI=1S/C14H12BrClN2OS/c1-9-12(15)6-7-13(17-9)18-14(19)8-20-11-4-2-10(16)3-5-11/h2-7H,8H2,1H3,(H,17,18,19). The second kappa shape index (κ2) is 7.11. The summed E-state index contributed by atoms with van der Waals surface area (Å²) in [6.07, 6.45) is 0. The van der Waals surface area contributed by atoms with Gasteiger partial charge in [0, 0.05) is 14.4 Å². The van der Waals surface area contributed by atoms with Gasteiger partial charge in [-0.2, -0.15) is 0 Å². The number of nitrogens with zero attached hydrogens (tertiary/aromatic N) is 1. The topological polar surface area (TPSA) is 42.0 Å². The fourth-order valence-corrected chi connectivity index (χ4v) is 2.52.